The van der Waals surface area contributed by atoms with Crippen molar-refractivity contribution in [1.29, 1.82) is 0 Å². The maximum absolute atomic E-state index is 3.83. The smallest absolute Gasteiger partial charge is 0.141 e. The third kappa shape index (κ3) is 2.54. The monoisotopic (exact) mass is 475 g/mol. The first-order chi connectivity index (χ1) is 15.0. The van der Waals surface area contributed by atoms with Gasteiger partial charge in [-0.2, -0.15) is 0 Å². The number of nitrogens with zero attached hydrogens (tertiary/aromatic N) is 1. The highest BCUT2D eigenvalue weighted by Gasteiger charge is 2.21. The zero-order valence-electron chi connectivity index (χ0n) is 18.0. The first kappa shape index (κ1) is 19.3. The van der Waals surface area contributed by atoms with Crippen molar-refractivity contribution in [2.45, 2.75) is 0 Å². The second-order valence-electron chi connectivity index (χ2n) is 8.45. The van der Waals surface area contributed by atoms with Crippen LogP contribution in [-0.2, 0) is 0 Å². The minimum absolute atomic E-state index is 1.22. The number of hydrogen-bond acceptors (Lipinski definition) is 1. The maximum atomic E-state index is 3.83. The molecule has 0 spiro atoms. The molecular formula is C24H18B4BrNS. The molecule has 0 saturated carbocycles. The van der Waals surface area contributed by atoms with Gasteiger partial charge in [0.1, 0.15) is 31.4 Å². The van der Waals surface area contributed by atoms with Gasteiger partial charge in [0.25, 0.3) is 0 Å². The van der Waals surface area contributed by atoms with E-state index in [2.05, 4.69) is 113 Å². The van der Waals surface area contributed by atoms with Gasteiger partial charge >= 0.3 is 0 Å². The molecule has 0 aliphatic rings. The van der Waals surface area contributed by atoms with Crippen LogP contribution in [0, 0.1) is 0 Å². The van der Waals surface area contributed by atoms with Crippen molar-refractivity contribution < 1.29 is 0 Å². The number of halogens is 1. The molecule has 144 valence electrons. The molecule has 0 aliphatic heterocycles. The summed E-state index contributed by atoms with van der Waals surface area (Å²) in [6, 6.07) is 22.2. The highest BCUT2D eigenvalue weighted by atomic mass is 79.9. The molecule has 6 aromatic rings. The van der Waals surface area contributed by atoms with E-state index >= 15 is 0 Å². The Labute approximate surface area is 197 Å². The highest BCUT2D eigenvalue weighted by Crippen LogP contribution is 2.42. The number of aromatic nitrogens is 1. The Bertz CT molecular complexity index is 1670. The molecule has 0 amide bonds. The van der Waals surface area contributed by atoms with Gasteiger partial charge in [-0.3, -0.25) is 0 Å². The lowest BCUT2D eigenvalue weighted by atomic mass is 9.69. The van der Waals surface area contributed by atoms with Crippen LogP contribution in [0.25, 0.3) is 47.7 Å². The van der Waals surface area contributed by atoms with Crippen molar-refractivity contribution in [1.82, 2.24) is 4.57 Å². The first-order valence-corrected chi connectivity index (χ1v) is 12.2. The Balaban J connectivity index is 1.92. The largest absolute Gasteiger partial charge is 0.309 e. The summed E-state index contributed by atoms with van der Waals surface area (Å²) in [4.78, 5) is 0. The minimum Gasteiger partial charge on any atom is -0.309 e. The van der Waals surface area contributed by atoms with Crippen LogP contribution in [-0.4, -0.2) is 36.0 Å². The van der Waals surface area contributed by atoms with Gasteiger partial charge in [0.05, 0.1) is 15.7 Å². The number of para-hydroxylation sites is 1. The summed E-state index contributed by atoms with van der Waals surface area (Å²) in [6.45, 7) is 0. The molecule has 0 bridgehead atoms. The lowest BCUT2D eigenvalue weighted by Gasteiger charge is -2.21. The van der Waals surface area contributed by atoms with Crippen LogP contribution < -0.4 is 21.9 Å². The number of rotatable bonds is 1. The van der Waals surface area contributed by atoms with Gasteiger partial charge in [0.15, 0.2) is 0 Å². The van der Waals surface area contributed by atoms with Crippen LogP contribution in [0.1, 0.15) is 0 Å². The Morgan fingerprint density at radius 1 is 0.645 bits per heavy atom. The van der Waals surface area contributed by atoms with E-state index in [0.29, 0.717) is 0 Å². The van der Waals surface area contributed by atoms with Crippen molar-refractivity contribution in [3.63, 3.8) is 0 Å². The number of benzene rings is 4. The van der Waals surface area contributed by atoms with E-state index in [4.69, 9.17) is 0 Å². The van der Waals surface area contributed by atoms with E-state index in [1.807, 2.05) is 11.3 Å². The molecule has 0 aliphatic carbocycles. The van der Waals surface area contributed by atoms with Crippen molar-refractivity contribution in [3.05, 3.63) is 65.1 Å². The third-order valence-electron chi connectivity index (χ3n) is 6.90. The molecule has 0 saturated heterocycles. The standard InChI is InChI=1S/C24H18B4BrNS/c25-17-19(27)23(20(28)18(26)21(17)29)30-15-7-3-1-5-11(15)13-9-10-14-12-6-2-4-8-16(12)31-24(14)22(13)30/h1-10H,25-28H2. The average Bonchev–Trinajstić information content (AvgIpc) is 3.33. The van der Waals surface area contributed by atoms with Crippen LogP contribution in [0.2, 0.25) is 0 Å². The lowest BCUT2D eigenvalue weighted by Crippen LogP contribution is -2.45. The van der Waals surface area contributed by atoms with Gasteiger partial charge in [-0.15, -0.1) is 11.3 Å². The molecule has 6 rings (SSSR count). The molecule has 2 heterocycles. The zero-order valence-corrected chi connectivity index (χ0v) is 20.4. The molecule has 7 heteroatoms. The Morgan fingerprint density at radius 2 is 1.26 bits per heavy atom. The third-order valence-corrected chi connectivity index (χ3v) is 9.28. The fraction of sp³-hybridized carbons (Fsp3) is 0. The molecule has 31 heavy (non-hydrogen) atoms. The SMILES string of the molecule is Bc1c(B)c(-n2c3ccccc3c3ccc4c5ccccc5sc4c32)c(B)c(B)c1Br. The molecule has 0 radical (unpaired) electrons. The second-order valence-corrected chi connectivity index (χ2v) is 10.3. The molecule has 1 nitrogen and oxygen atoms in total. The number of thiophene rings is 1. The van der Waals surface area contributed by atoms with Gasteiger partial charge in [-0.1, -0.05) is 86.3 Å². The number of fused-ring (bicyclic) bond motifs is 7. The summed E-state index contributed by atoms with van der Waals surface area (Å²) in [7, 11) is 8.96. The lowest BCUT2D eigenvalue weighted by molar-refractivity contribution is 1.22. The van der Waals surface area contributed by atoms with Crippen LogP contribution in [0.5, 0.6) is 0 Å². The van der Waals surface area contributed by atoms with Gasteiger partial charge in [-0.05, 0) is 12.1 Å². The minimum atomic E-state index is 1.22. The van der Waals surface area contributed by atoms with Crippen molar-refractivity contribution in [2.75, 3.05) is 0 Å². The molecule has 4 aromatic carbocycles. The quantitative estimate of drug-likeness (QED) is 0.312. The molecule has 0 N–H and O–H groups in total. The van der Waals surface area contributed by atoms with Crippen LogP contribution in [0.15, 0.2) is 65.1 Å². The zero-order chi connectivity index (χ0) is 21.4. The van der Waals surface area contributed by atoms with E-state index in [1.54, 1.807) is 0 Å². The average molecular weight is 476 g/mol. The highest BCUT2D eigenvalue weighted by molar-refractivity contribution is 9.10. The van der Waals surface area contributed by atoms with Gasteiger partial charge < -0.3 is 4.57 Å². The fourth-order valence-corrected chi connectivity index (χ4v) is 6.88. The van der Waals surface area contributed by atoms with Crippen molar-refractivity contribution in [3.8, 4) is 5.69 Å². The summed E-state index contributed by atoms with van der Waals surface area (Å²) < 4.78 is 6.46. The van der Waals surface area contributed by atoms with Crippen molar-refractivity contribution in [2.24, 2.45) is 0 Å². The first-order valence-electron chi connectivity index (χ1n) is 10.6. The van der Waals surface area contributed by atoms with Gasteiger partial charge in [0.2, 0.25) is 0 Å². The van der Waals surface area contributed by atoms with E-state index in [-0.39, 0.29) is 0 Å². The maximum Gasteiger partial charge on any atom is 0.141 e. The Hall–Kier alpha value is -2.36. The molecular weight excluding hydrogens is 457 g/mol. The van der Waals surface area contributed by atoms with Crippen LogP contribution in [0.3, 0.4) is 0 Å². The Kier molecular flexibility index (Phi) is 4.25. The summed E-state index contributed by atoms with van der Waals surface area (Å²) in [5, 5.41) is 5.33. The Morgan fingerprint density at radius 3 is 2.00 bits per heavy atom. The molecule has 0 atom stereocenters. The van der Waals surface area contributed by atoms with E-state index in [9.17, 15) is 0 Å². The molecule has 0 fully saturated rings. The van der Waals surface area contributed by atoms with Crippen LogP contribution in [0.4, 0.5) is 0 Å². The normalized spacial score (nSPS) is 11.9. The predicted molar refractivity (Wildman–Crippen MR) is 154 cm³/mol. The molecule has 0 unspecified atom stereocenters. The topological polar surface area (TPSA) is 4.93 Å². The van der Waals surface area contributed by atoms with Crippen molar-refractivity contribution >= 4 is 122 Å². The summed E-state index contributed by atoms with van der Waals surface area (Å²) in [5.74, 6) is 0. The predicted octanol–water partition coefficient (Wildman–Crippen LogP) is 0.948. The van der Waals surface area contributed by atoms with E-state index in [0.717, 1.165) is 0 Å². The second kappa shape index (κ2) is 6.82. The number of hydrogen-bond donors (Lipinski definition) is 0. The van der Waals surface area contributed by atoms with E-state index < -0.39 is 0 Å². The van der Waals surface area contributed by atoms with E-state index in [1.165, 1.54) is 74.0 Å². The molecule has 2 aromatic heterocycles. The summed E-state index contributed by atoms with van der Waals surface area (Å²) in [5.41, 5.74) is 9.20. The van der Waals surface area contributed by atoms with Gasteiger partial charge in [0, 0.05) is 36.4 Å². The van der Waals surface area contributed by atoms with Gasteiger partial charge in [-0.25, -0.2) is 0 Å². The summed E-state index contributed by atoms with van der Waals surface area (Å²) in [6.07, 6.45) is 0. The van der Waals surface area contributed by atoms with Crippen LogP contribution >= 0.6 is 27.3 Å². The fourth-order valence-electron chi connectivity index (χ4n) is 5.05. The summed E-state index contributed by atoms with van der Waals surface area (Å²) >= 11 is 5.74.